The molecule has 30 heavy (non-hydrogen) atoms. The standard InChI is InChI=1S/C22H22BrN5O2/c1-14-3-4-15(11-24-14)9-16-12-25-28(13-16)22(30)26-19-8-6-17-5-7-18(23)10-20(17)27(2)21(19)29/h3-5,7,10-13,19H,6,8-9H2,1-2H3,(H,26,30)/t19-/m0/s1. The first kappa shape index (κ1) is 20.3. The Bertz CT molecular complexity index is 1090. The normalized spacial score (nSPS) is 16.2. The molecular formula is C22H22BrN5O2. The average molecular weight is 468 g/mol. The molecule has 0 saturated heterocycles. The van der Waals surface area contributed by atoms with Gasteiger partial charge in [-0.05, 0) is 54.7 Å². The van der Waals surface area contributed by atoms with E-state index >= 15 is 0 Å². The third-order valence-electron chi connectivity index (χ3n) is 5.26. The van der Waals surface area contributed by atoms with Gasteiger partial charge in [-0.2, -0.15) is 9.78 Å². The number of aryl methyl sites for hydroxylation is 2. The zero-order valence-corrected chi connectivity index (χ0v) is 18.4. The Morgan fingerprint density at radius 3 is 2.83 bits per heavy atom. The second-order valence-corrected chi connectivity index (χ2v) is 8.40. The lowest BCUT2D eigenvalue weighted by Crippen LogP contribution is -2.48. The van der Waals surface area contributed by atoms with E-state index in [1.165, 1.54) is 4.68 Å². The lowest BCUT2D eigenvalue weighted by molar-refractivity contribution is -0.120. The van der Waals surface area contributed by atoms with E-state index < -0.39 is 12.1 Å². The van der Waals surface area contributed by atoms with E-state index in [-0.39, 0.29) is 5.91 Å². The minimum absolute atomic E-state index is 0.140. The number of likely N-dealkylation sites (N-methyl/N-ethyl adjacent to an activating group) is 1. The van der Waals surface area contributed by atoms with E-state index in [2.05, 4.69) is 31.3 Å². The van der Waals surface area contributed by atoms with Crippen molar-refractivity contribution in [1.82, 2.24) is 20.1 Å². The number of rotatable bonds is 3. The van der Waals surface area contributed by atoms with Crippen LogP contribution in [0.25, 0.3) is 0 Å². The molecule has 154 valence electrons. The Morgan fingerprint density at radius 1 is 1.23 bits per heavy atom. The van der Waals surface area contributed by atoms with Crippen LogP contribution in [0.1, 0.15) is 28.8 Å². The molecule has 7 nitrogen and oxygen atoms in total. The van der Waals surface area contributed by atoms with Crippen molar-refractivity contribution in [3.8, 4) is 0 Å². The van der Waals surface area contributed by atoms with Gasteiger partial charge in [0, 0.05) is 41.7 Å². The molecule has 3 heterocycles. The summed E-state index contributed by atoms with van der Waals surface area (Å²) >= 11 is 3.46. The molecule has 0 unspecified atom stereocenters. The van der Waals surface area contributed by atoms with E-state index in [0.717, 1.165) is 32.5 Å². The van der Waals surface area contributed by atoms with Gasteiger partial charge >= 0.3 is 6.03 Å². The Labute approximate surface area is 183 Å². The minimum atomic E-state index is -0.609. The zero-order valence-electron chi connectivity index (χ0n) is 16.8. The van der Waals surface area contributed by atoms with Crippen LogP contribution in [0, 0.1) is 6.92 Å². The number of halogens is 1. The van der Waals surface area contributed by atoms with Gasteiger partial charge in [0.05, 0.1) is 6.20 Å². The lowest BCUT2D eigenvalue weighted by Gasteiger charge is -2.22. The van der Waals surface area contributed by atoms with E-state index in [4.69, 9.17) is 0 Å². The molecule has 2 amide bonds. The van der Waals surface area contributed by atoms with E-state index in [9.17, 15) is 9.59 Å². The molecule has 0 aliphatic carbocycles. The van der Waals surface area contributed by atoms with Crippen LogP contribution in [-0.2, 0) is 17.6 Å². The maximum Gasteiger partial charge on any atom is 0.342 e. The fourth-order valence-electron chi connectivity index (χ4n) is 3.59. The number of carbonyl (C=O) groups excluding carboxylic acids is 2. The summed E-state index contributed by atoms with van der Waals surface area (Å²) in [5.74, 6) is -0.140. The fraction of sp³-hybridized carbons (Fsp3) is 0.273. The largest absolute Gasteiger partial charge is 0.342 e. The van der Waals surface area contributed by atoms with Gasteiger partial charge in [-0.1, -0.05) is 28.1 Å². The van der Waals surface area contributed by atoms with Gasteiger partial charge in [0.2, 0.25) is 5.91 Å². The van der Waals surface area contributed by atoms with Crippen LogP contribution >= 0.6 is 15.9 Å². The molecule has 1 N–H and O–H groups in total. The molecule has 0 saturated carbocycles. The molecule has 1 aliphatic heterocycles. The molecule has 1 atom stereocenters. The molecule has 0 fully saturated rings. The highest BCUT2D eigenvalue weighted by Gasteiger charge is 2.29. The topological polar surface area (TPSA) is 80.1 Å². The van der Waals surface area contributed by atoms with Gasteiger partial charge < -0.3 is 10.2 Å². The number of pyridine rings is 1. The number of hydrogen-bond donors (Lipinski definition) is 1. The van der Waals surface area contributed by atoms with Crippen LogP contribution in [0.2, 0.25) is 0 Å². The Kier molecular flexibility index (Phi) is 5.67. The summed E-state index contributed by atoms with van der Waals surface area (Å²) in [7, 11) is 1.74. The average Bonchev–Trinajstić information content (AvgIpc) is 3.17. The maximum atomic E-state index is 12.9. The number of benzene rings is 1. The van der Waals surface area contributed by atoms with Gasteiger partial charge in [-0.3, -0.25) is 9.78 Å². The number of nitrogens with one attached hydrogen (secondary N) is 1. The van der Waals surface area contributed by atoms with Gasteiger partial charge in [0.1, 0.15) is 6.04 Å². The second-order valence-electron chi connectivity index (χ2n) is 7.49. The molecule has 0 bridgehead atoms. The summed E-state index contributed by atoms with van der Waals surface area (Å²) in [6.45, 7) is 1.94. The maximum absolute atomic E-state index is 12.9. The molecule has 1 aromatic carbocycles. The van der Waals surface area contributed by atoms with Crippen molar-refractivity contribution in [2.45, 2.75) is 32.2 Å². The Balaban J connectivity index is 1.44. The molecule has 1 aliphatic rings. The zero-order chi connectivity index (χ0) is 21.3. The molecule has 8 heteroatoms. The summed E-state index contributed by atoms with van der Waals surface area (Å²) in [5, 5.41) is 7.00. The minimum Gasteiger partial charge on any atom is -0.324 e. The summed E-state index contributed by atoms with van der Waals surface area (Å²) < 4.78 is 2.16. The summed E-state index contributed by atoms with van der Waals surface area (Å²) in [4.78, 5) is 31.5. The SMILES string of the molecule is Cc1ccc(Cc2cnn(C(=O)N[C@H]3CCc4ccc(Br)cc4N(C)C3=O)c2)cn1. The summed E-state index contributed by atoms with van der Waals surface area (Å²) in [5.41, 5.74) is 4.85. The molecular weight excluding hydrogens is 446 g/mol. The highest BCUT2D eigenvalue weighted by atomic mass is 79.9. The predicted octanol–water partition coefficient (Wildman–Crippen LogP) is 3.48. The smallest absolute Gasteiger partial charge is 0.324 e. The van der Waals surface area contributed by atoms with Crippen molar-refractivity contribution in [2.75, 3.05) is 11.9 Å². The van der Waals surface area contributed by atoms with Crippen molar-refractivity contribution in [1.29, 1.82) is 0 Å². The highest BCUT2D eigenvalue weighted by molar-refractivity contribution is 9.10. The number of aromatic nitrogens is 3. The predicted molar refractivity (Wildman–Crippen MR) is 118 cm³/mol. The fourth-order valence-corrected chi connectivity index (χ4v) is 3.94. The summed E-state index contributed by atoms with van der Waals surface area (Å²) in [6.07, 6.45) is 7.04. The lowest BCUT2D eigenvalue weighted by atomic mass is 10.1. The van der Waals surface area contributed by atoms with Crippen molar-refractivity contribution in [3.63, 3.8) is 0 Å². The van der Waals surface area contributed by atoms with Crippen molar-refractivity contribution in [3.05, 3.63) is 75.8 Å². The first-order valence-electron chi connectivity index (χ1n) is 9.72. The molecule has 0 spiro atoms. The van der Waals surface area contributed by atoms with Crippen LogP contribution in [0.5, 0.6) is 0 Å². The third kappa shape index (κ3) is 4.28. The Hall–Kier alpha value is -3.00. The number of hydrogen-bond acceptors (Lipinski definition) is 4. The highest BCUT2D eigenvalue weighted by Crippen LogP contribution is 2.29. The van der Waals surface area contributed by atoms with Gasteiger partial charge in [0.25, 0.3) is 0 Å². The van der Waals surface area contributed by atoms with Crippen LogP contribution in [-0.4, -0.2) is 39.8 Å². The molecule has 2 aromatic heterocycles. The Morgan fingerprint density at radius 2 is 2.07 bits per heavy atom. The number of carbonyl (C=O) groups is 2. The number of anilines is 1. The van der Waals surface area contributed by atoms with Crippen molar-refractivity contribution < 1.29 is 9.59 Å². The van der Waals surface area contributed by atoms with Crippen LogP contribution < -0.4 is 10.2 Å². The number of amides is 2. The van der Waals surface area contributed by atoms with Gasteiger partial charge in [-0.15, -0.1) is 0 Å². The molecule has 0 radical (unpaired) electrons. The van der Waals surface area contributed by atoms with Gasteiger partial charge in [-0.25, -0.2) is 4.79 Å². The first-order chi connectivity index (χ1) is 14.4. The van der Waals surface area contributed by atoms with Crippen LogP contribution in [0.15, 0.2) is 53.4 Å². The van der Waals surface area contributed by atoms with E-state index in [0.29, 0.717) is 19.3 Å². The quantitative estimate of drug-likeness (QED) is 0.639. The van der Waals surface area contributed by atoms with Crippen molar-refractivity contribution in [2.24, 2.45) is 0 Å². The first-order valence-corrected chi connectivity index (χ1v) is 10.5. The molecule has 4 rings (SSSR count). The monoisotopic (exact) mass is 467 g/mol. The van der Waals surface area contributed by atoms with Crippen LogP contribution in [0.3, 0.4) is 0 Å². The number of nitrogens with zero attached hydrogens (tertiary/aromatic N) is 4. The van der Waals surface area contributed by atoms with E-state index in [1.54, 1.807) is 24.3 Å². The van der Waals surface area contributed by atoms with Crippen molar-refractivity contribution >= 4 is 33.6 Å². The van der Waals surface area contributed by atoms with E-state index in [1.807, 2.05) is 43.5 Å². The molecule has 3 aromatic rings. The number of fused-ring (bicyclic) bond motifs is 1. The second kappa shape index (κ2) is 8.39. The third-order valence-corrected chi connectivity index (χ3v) is 5.76. The van der Waals surface area contributed by atoms with Crippen LogP contribution in [0.4, 0.5) is 10.5 Å². The summed E-state index contributed by atoms with van der Waals surface area (Å²) in [6, 6.07) is 8.84. The van der Waals surface area contributed by atoms with Gasteiger partial charge in [0.15, 0.2) is 0 Å².